The summed E-state index contributed by atoms with van der Waals surface area (Å²) in [6.45, 7) is 6.44. The van der Waals surface area contributed by atoms with Crippen molar-refractivity contribution in [2.24, 2.45) is 5.41 Å². The van der Waals surface area contributed by atoms with Gasteiger partial charge < -0.3 is 14.2 Å². The number of likely N-dealkylation sites (tertiary alicyclic amines) is 2. The average molecular weight is 384 g/mol. The molecule has 0 bridgehead atoms. The quantitative estimate of drug-likeness (QED) is 0.762. The number of rotatable bonds is 6. The van der Waals surface area contributed by atoms with E-state index >= 15 is 0 Å². The van der Waals surface area contributed by atoms with Gasteiger partial charge in [0.1, 0.15) is 0 Å². The Bertz CT molecular complexity index is 819. The predicted octanol–water partition coefficient (Wildman–Crippen LogP) is 2.51. The van der Waals surface area contributed by atoms with Gasteiger partial charge in [-0.25, -0.2) is 0 Å². The van der Waals surface area contributed by atoms with Crippen LogP contribution < -0.4 is 0 Å². The third-order valence-corrected chi connectivity index (χ3v) is 5.95. The molecule has 2 aliphatic rings. The zero-order valence-electron chi connectivity index (χ0n) is 16.7. The van der Waals surface area contributed by atoms with Gasteiger partial charge in [-0.05, 0) is 44.9 Å². The van der Waals surface area contributed by atoms with Crippen LogP contribution in [0.5, 0.6) is 0 Å². The summed E-state index contributed by atoms with van der Waals surface area (Å²) in [6, 6.07) is 8.06. The number of ether oxygens (including phenoxy) is 1. The number of piperidine rings is 1. The van der Waals surface area contributed by atoms with E-state index in [0.29, 0.717) is 31.4 Å². The van der Waals surface area contributed by atoms with Gasteiger partial charge in [0, 0.05) is 32.3 Å². The van der Waals surface area contributed by atoms with Crippen molar-refractivity contribution in [1.29, 1.82) is 0 Å². The molecular weight excluding hydrogens is 356 g/mol. The van der Waals surface area contributed by atoms with E-state index in [0.717, 1.165) is 44.5 Å². The molecule has 3 heterocycles. The molecule has 28 heavy (non-hydrogen) atoms. The highest BCUT2D eigenvalue weighted by Gasteiger charge is 2.48. The van der Waals surface area contributed by atoms with Crippen LogP contribution in [0.1, 0.15) is 30.7 Å². The van der Waals surface area contributed by atoms with Gasteiger partial charge in [-0.15, -0.1) is 0 Å². The predicted molar refractivity (Wildman–Crippen MR) is 104 cm³/mol. The Hall–Kier alpha value is -2.25. The SMILES string of the molecule is COCCN1CCC[C@]2(CCN(Cc3noc(-c4ccc(C)cc4)n3)C2)C1=O. The van der Waals surface area contributed by atoms with Crippen molar-refractivity contribution < 1.29 is 14.1 Å². The summed E-state index contributed by atoms with van der Waals surface area (Å²) in [4.78, 5) is 21.9. The van der Waals surface area contributed by atoms with Gasteiger partial charge in [-0.2, -0.15) is 4.98 Å². The van der Waals surface area contributed by atoms with E-state index in [1.165, 1.54) is 5.56 Å². The van der Waals surface area contributed by atoms with Crippen molar-refractivity contribution in [3.63, 3.8) is 0 Å². The number of hydrogen-bond acceptors (Lipinski definition) is 6. The molecule has 1 spiro atoms. The first-order valence-corrected chi connectivity index (χ1v) is 10.00. The van der Waals surface area contributed by atoms with E-state index in [4.69, 9.17) is 9.26 Å². The lowest BCUT2D eigenvalue weighted by Crippen LogP contribution is -2.50. The number of methoxy groups -OCH3 is 1. The number of amides is 1. The summed E-state index contributed by atoms with van der Waals surface area (Å²) in [5.41, 5.74) is 1.87. The number of nitrogens with zero attached hydrogens (tertiary/aromatic N) is 4. The number of benzene rings is 1. The Kier molecular flexibility index (Phi) is 5.46. The molecule has 2 aliphatic heterocycles. The minimum Gasteiger partial charge on any atom is -0.383 e. The Labute approximate surface area is 165 Å². The fourth-order valence-electron chi connectivity index (χ4n) is 4.37. The first-order chi connectivity index (χ1) is 13.6. The second-order valence-corrected chi connectivity index (χ2v) is 8.01. The summed E-state index contributed by atoms with van der Waals surface area (Å²) in [6.07, 6.45) is 2.92. The second-order valence-electron chi connectivity index (χ2n) is 8.01. The number of carbonyl (C=O) groups excluding carboxylic acids is 1. The van der Waals surface area contributed by atoms with Gasteiger partial charge in [0.05, 0.1) is 18.6 Å². The molecule has 1 amide bonds. The fraction of sp³-hybridized carbons (Fsp3) is 0.571. The molecule has 4 rings (SSSR count). The van der Waals surface area contributed by atoms with E-state index in [2.05, 4.69) is 22.0 Å². The van der Waals surface area contributed by atoms with Crippen LogP contribution in [-0.4, -0.2) is 65.7 Å². The largest absolute Gasteiger partial charge is 0.383 e. The van der Waals surface area contributed by atoms with Crippen LogP contribution in [0.3, 0.4) is 0 Å². The molecule has 0 N–H and O–H groups in total. The van der Waals surface area contributed by atoms with Gasteiger partial charge in [-0.1, -0.05) is 22.9 Å². The highest BCUT2D eigenvalue weighted by atomic mass is 16.5. The lowest BCUT2D eigenvalue weighted by atomic mass is 9.78. The smallest absolute Gasteiger partial charge is 0.257 e. The molecule has 0 radical (unpaired) electrons. The molecule has 0 aliphatic carbocycles. The van der Waals surface area contributed by atoms with Crippen LogP contribution in [0.15, 0.2) is 28.8 Å². The molecule has 2 aromatic rings. The highest BCUT2D eigenvalue weighted by Crippen LogP contribution is 2.40. The van der Waals surface area contributed by atoms with Crippen molar-refractivity contribution in [2.75, 3.05) is 39.9 Å². The van der Waals surface area contributed by atoms with Crippen molar-refractivity contribution in [3.05, 3.63) is 35.7 Å². The van der Waals surface area contributed by atoms with Crippen LogP contribution in [0.2, 0.25) is 0 Å². The van der Waals surface area contributed by atoms with Crippen LogP contribution in [0.25, 0.3) is 11.5 Å². The van der Waals surface area contributed by atoms with Crippen molar-refractivity contribution in [1.82, 2.24) is 19.9 Å². The zero-order valence-corrected chi connectivity index (χ0v) is 16.7. The standard InChI is InChI=1S/C21H28N4O3/c1-16-4-6-17(7-5-16)19-22-18(23-28-19)14-24-11-9-21(15-24)8-3-10-25(20(21)26)12-13-27-2/h4-7H,3,8-15H2,1-2H3/t21-/m1/s1. The Morgan fingerprint density at radius 3 is 2.82 bits per heavy atom. The minimum atomic E-state index is -0.254. The zero-order chi connectivity index (χ0) is 19.6. The lowest BCUT2D eigenvalue weighted by Gasteiger charge is -2.39. The number of hydrogen-bond donors (Lipinski definition) is 0. The molecule has 1 aromatic heterocycles. The molecule has 1 aromatic carbocycles. The molecule has 0 saturated carbocycles. The maximum Gasteiger partial charge on any atom is 0.257 e. The van der Waals surface area contributed by atoms with Gasteiger partial charge in [0.25, 0.3) is 5.89 Å². The fourth-order valence-corrected chi connectivity index (χ4v) is 4.37. The molecule has 7 heteroatoms. The van der Waals surface area contributed by atoms with E-state index in [1.807, 2.05) is 29.2 Å². The molecular formula is C21H28N4O3. The molecule has 2 saturated heterocycles. The third-order valence-electron chi connectivity index (χ3n) is 5.95. The van der Waals surface area contributed by atoms with Crippen LogP contribution >= 0.6 is 0 Å². The topological polar surface area (TPSA) is 71.7 Å². The van der Waals surface area contributed by atoms with Gasteiger partial charge >= 0.3 is 0 Å². The van der Waals surface area contributed by atoms with Crippen LogP contribution in [-0.2, 0) is 16.1 Å². The summed E-state index contributed by atoms with van der Waals surface area (Å²) in [7, 11) is 1.68. The normalized spacial score (nSPS) is 23.1. The van der Waals surface area contributed by atoms with Crippen LogP contribution in [0.4, 0.5) is 0 Å². The van der Waals surface area contributed by atoms with Gasteiger partial charge in [0.2, 0.25) is 5.91 Å². The van der Waals surface area contributed by atoms with E-state index < -0.39 is 0 Å². The van der Waals surface area contributed by atoms with Gasteiger partial charge in [-0.3, -0.25) is 9.69 Å². The summed E-state index contributed by atoms with van der Waals surface area (Å²) in [5, 5.41) is 4.15. The van der Waals surface area contributed by atoms with Crippen molar-refractivity contribution >= 4 is 5.91 Å². The monoisotopic (exact) mass is 384 g/mol. The summed E-state index contributed by atoms with van der Waals surface area (Å²) < 4.78 is 10.6. The highest BCUT2D eigenvalue weighted by molar-refractivity contribution is 5.84. The Morgan fingerprint density at radius 2 is 2.04 bits per heavy atom. The third kappa shape index (κ3) is 3.82. The second kappa shape index (κ2) is 8.01. The van der Waals surface area contributed by atoms with Gasteiger partial charge in [0.15, 0.2) is 5.82 Å². The number of carbonyl (C=O) groups is 1. The summed E-state index contributed by atoms with van der Waals surface area (Å²) >= 11 is 0. The Balaban J connectivity index is 1.39. The first kappa shape index (κ1) is 19.1. The molecule has 150 valence electrons. The van der Waals surface area contributed by atoms with Crippen molar-refractivity contribution in [2.45, 2.75) is 32.7 Å². The maximum absolute atomic E-state index is 13.1. The average Bonchev–Trinajstić information content (AvgIpc) is 3.32. The molecule has 2 fully saturated rings. The summed E-state index contributed by atoms with van der Waals surface area (Å²) in [5.74, 6) is 1.50. The first-order valence-electron chi connectivity index (χ1n) is 10.00. The van der Waals surface area contributed by atoms with Crippen LogP contribution in [0, 0.1) is 12.3 Å². The lowest BCUT2D eigenvalue weighted by molar-refractivity contribution is -0.146. The van der Waals surface area contributed by atoms with E-state index in [-0.39, 0.29) is 11.3 Å². The molecule has 1 atom stereocenters. The van der Waals surface area contributed by atoms with Crippen molar-refractivity contribution in [3.8, 4) is 11.5 Å². The van der Waals surface area contributed by atoms with E-state index in [9.17, 15) is 4.79 Å². The molecule has 0 unspecified atom stereocenters. The maximum atomic E-state index is 13.1. The Morgan fingerprint density at radius 1 is 1.21 bits per heavy atom. The minimum absolute atomic E-state index is 0.254. The number of aryl methyl sites for hydroxylation is 1. The van der Waals surface area contributed by atoms with E-state index in [1.54, 1.807) is 7.11 Å². The molecule has 7 nitrogen and oxygen atoms in total. The number of aromatic nitrogens is 2.